The molecule has 0 saturated carbocycles. The second kappa shape index (κ2) is 17.8. The standard InChI is InChI=1S/C18H36O5.Li/c19-17(20)15-13-11-9-7-5-3-1-2-4-6-8-10-12-14-16-18(21,22)23;/h21-23H,1-16H2,(H,19,20);/q;+1/p-1. The van der Waals surface area contributed by atoms with E-state index in [9.17, 15) is 9.90 Å². The molecule has 0 amide bonds. The Morgan fingerprint density at radius 1 is 0.625 bits per heavy atom. The fourth-order valence-electron chi connectivity index (χ4n) is 2.75. The normalized spacial score (nSPS) is 11.3. The van der Waals surface area contributed by atoms with Crippen molar-refractivity contribution in [2.45, 2.75) is 109 Å². The van der Waals surface area contributed by atoms with E-state index in [1.165, 1.54) is 51.4 Å². The summed E-state index contributed by atoms with van der Waals surface area (Å²) in [6.45, 7) is 0. The smallest absolute Gasteiger partial charge is 0.550 e. The largest absolute Gasteiger partial charge is 1.00 e. The van der Waals surface area contributed by atoms with Crippen LogP contribution in [-0.4, -0.2) is 27.3 Å². The van der Waals surface area contributed by atoms with Gasteiger partial charge in [0.2, 0.25) is 0 Å². The third kappa shape index (κ3) is 24.2. The van der Waals surface area contributed by atoms with E-state index in [0.717, 1.165) is 32.1 Å². The maximum Gasteiger partial charge on any atom is 1.00 e. The summed E-state index contributed by atoms with van der Waals surface area (Å²) in [5.74, 6) is -3.43. The van der Waals surface area contributed by atoms with Crippen LogP contribution < -0.4 is 24.0 Å². The molecule has 0 atom stereocenters. The zero-order valence-electron chi connectivity index (χ0n) is 15.5. The first-order valence-electron chi connectivity index (χ1n) is 9.29. The van der Waals surface area contributed by atoms with Crippen LogP contribution in [0.4, 0.5) is 0 Å². The van der Waals surface area contributed by atoms with Crippen LogP contribution >= 0.6 is 0 Å². The van der Waals surface area contributed by atoms with Gasteiger partial charge in [-0.2, -0.15) is 0 Å². The number of hydrogen-bond acceptors (Lipinski definition) is 5. The van der Waals surface area contributed by atoms with E-state index in [2.05, 4.69) is 0 Å². The first-order valence-corrected chi connectivity index (χ1v) is 9.29. The van der Waals surface area contributed by atoms with Crippen molar-refractivity contribution in [3.63, 3.8) is 0 Å². The Morgan fingerprint density at radius 3 is 1.21 bits per heavy atom. The van der Waals surface area contributed by atoms with E-state index in [-0.39, 0.29) is 31.7 Å². The fourth-order valence-corrected chi connectivity index (χ4v) is 2.75. The van der Waals surface area contributed by atoms with Gasteiger partial charge in [-0.1, -0.05) is 77.0 Å². The van der Waals surface area contributed by atoms with Gasteiger partial charge in [0.05, 0.1) is 0 Å². The first kappa shape index (κ1) is 26.2. The molecule has 0 aromatic heterocycles. The first-order chi connectivity index (χ1) is 10.9. The van der Waals surface area contributed by atoms with Crippen molar-refractivity contribution in [1.82, 2.24) is 0 Å². The van der Waals surface area contributed by atoms with Crippen molar-refractivity contribution in [3.8, 4) is 0 Å². The van der Waals surface area contributed by atoms with Gasteiger partial charge in [-0.25, -0.2) is 0 Å². The van der Waals surface area contributed by atoms with E-state index >= 15 is 0 Å². The predicted octanol–water partition coefficient (Wildman–Crippen LogP) is -0.387. The van der Waals surface area contributed by atoms with Gasteiger partial charge in [0.25, 0.3) is 5.97 Å². The Balaban J connectivity index is 0. The molecule has 0 aliphatic heterocycles. The second-order valence-electron chi connectivity index (χ2n) is 6.60. The van der Waals surface area contributed by atoms with E-state index < -0.39 is 11.9 Å². The number of carboxylic acid groups (broad SMARTS) is 1. The van der Waals surface area contributed by atoms with Gasteiger partial charge in [-0.3, -0.25) is 0 Å². The van der Waals surface area contributed by atoms with Crippen molar-refractivity contribution in [2.24, 2.45) is 0 Å². The van der Waals surface area contributed by atoms with Crippen LogP contribution in [-0.2, 0) is 4.79 Å². The molecule has 0 unspecified atom stereocenters. The van der Waals surface area contributed by atoms with E-state index in [1.54, 1.807) is 0 Å². The van der Waals surface area contributed by atoms with Gasteiger partial charge in [0.15, 0.2) is 0 Å². The van der Waals surface area contributed by atoms with Crippen LogP contribution in [0.5, 0.6) is 0 Å². The van der Waals surface area contributed by atoms with Crippen molar-refractivity contribution in [1.29, 1.82) is 0 Å². The van der Waals surface area contributed by atoms with Crippen LogP contribution in [0.25, 0.3) is 0 Å². The Labute approximate surface area is 159 Å². The molecular weight excluding hydrogens is 303 g/mol. The van der Waals surface area contributed by atoms with E-state index in [0.29, 0.717) is 6.42 Å². The van der Waals surface area contributed by atoms with Crippen LogP contribution in [0.3, 0.4) is 0 Å². The summed E-state index contributed by atoms with van der Waals surface area (Å²) in [6, 6.07) is 0. The van der Waals surface area contributed by atoms with Crippen molar-refractivity contribution >= 4 is 5.97 Å². The molecule has 0 aromatic carbocycles. The Bertz CT molecular complexity index is 279. The number of aliphatic hydroxyl groups is 3. The summed E-state index contributed by atoms with van der Waals surface area (Å²) in [7, 11) is 0. The SMILES string of the molecule is O=C([O-])CCCCCCCCCCCCCCCCC(O)(O)O.[Li+]. The number of unbranched alkanes of at least 4 members (excludes halogenated alkanes) is 13. The molecule has 0 aliphatic rings. The molecule has 24 heavy (non-hydrogen) atoms. The maximum absolute atomic E-state index is 10.2. The number of carboxylic acids is 1. The Kier molecular flexibility index (Phi) is 19.4. The molecule has 0 heterocycles. The molecule has 5 nitrogen and oxygen atoms in total. The van der Waals surface area contributed by atoms with Crippen LogP contribution in [0, 0.1) is 0 Å². The average molecular weight is 338 g/mol. The van der Waals surface area contributed by atoms with Gasteiger partial charge in [-0.05, 0) is 19.3 Å². The van der Waals surface area contributed by atoms with Crippen LogP contribution in [0.2, 0.25) is 0 Å². The number of hydrogen-bond donors (Lipinski definition) is 3. The summed E-state index contributed by atoms with van der Waals surface area (Å²) in [4.78, 5) is 10.2. The van der Waals surface area contributed by atoms with Gasteiger partial charge in [-0.15, -0.1) is 0 Å². The molecule has 0 aliphatic carbocycles. The topological polar surface area (TPSA) is 101 Å². The molecule has 0 spiro atoms. The minimum absolute atomic E-state index is 0. The van der Waals surface area contributed by atoms with E-state index in [1.807, 2.05) is 0 Å². The van der Waals surface area contributed by atoms with E-state index in [4.69, 9.17) is 15.3 Å². The maximum atomic E-state index is 10.2. The van der Waals surface area contributed by atoms with Gasteiger partial charge in [0, 0.05) is 12.4 Å². The van der Waals surface area contributed by atoms with Gasteiger partial charge >= 0.3 is 18.9 Å². The van der Waals surface area contributed by atoms with Gasteiger partial charge < -0.3 is 25.2 Å². The van der Waals surface area contributed by atoms with Crippen LogP contribution in [0.1, 0.15) is 103 Å². The molecule has 0 radical (unpaired) electrons. The molecule has 138 valence electrons. The summed E-state index contributed by atoms with van der Waals surface area (Å²) in [6.07, 6.45) is 15.7. The Morgan fingerprint density at radius 2 is 0.917 bits per heavy atom. The number of rotatable bonds is 17. The molecule has 0 fully saturated rings. The zero-order chi connectivity index (χ0) is 17.4. The average Bonchev–Trinajstić information content (AvgIpc) is 2.45. The van der Waals surface area contributed by atoms with Gasteiger partial charge in [0.1, 0.15) is 0 Å². The third-order valence-corrected chi connectivity index (χ3v) is 4.14. The minimum Gasteiger partial charge on any atom is -0.550 e. The van der Waals surface area contributed by atoms with Crippen molar-refractivity contribution in [3.05, 3.63) is 0 Å². The summed E-state index contributed by atoms with van der Waals surface area (Å²) in [5, 5.41) is 36.4. The van der Waals surface area contributed by atoms with Crippen LogP contribution in [0.15, 0.2) is 0 Å². The quantitative estimate of drug-likeness (QED) is 0.191. The Hall–Kier alpha value is -0.0526. The molecule has 0 saturated heterocycles. The minimum atomic E-state index is -2.49. The van der Waals surface area contributed by atoms with Crippen molar-refractivity contribution in [2.75, 3.05) is 0 Å². The molecule has 6 heteroatoms. The molecule has 3 N–H and O–H groups in total. The zero-order valence-corrected chi connectivity index (χ0v) is 15.5. The number of aliphatic carboxylic acids is 1. The predicted molar refractivity (Wildman–Crippen MR) is 88.3 cm³/mol. The summed E-state index contributed by atoms with van der Waals surface area (Å²) in [5.41, 5.74) is 0. The summed E-state index contributed by atoms with van der Waals surface area (Å²) >= 11 is 0. The summed E-state index contributed by atoms with van der Waals surface area (Å²) < 4.78 is 0. The molecule has 0 aromatic rings. The monoisotopic (exact) mass is 338 g/mol. The number of carbonyl (C=O) groups excluding carboxylic acids is 1. The fraction of sp³-hybridized carbons (Fsp3) is 0.944. The third-order valence-electron chi connectivity index (χ3n) is 4.14. The number of carbonyl (C=O) groups is 1. The molecular formula is C18H35LiO5. The molecule has 0 rings (SSSR count). The second-order valence-corrected chi connectivity index (χ2v) is 6.60. The molecule has 0 bridgehead atoms. The van der Waals surface area contributed by atoms with Crippen molar-refractivity contribution < 1.29 is 44.1 Å².